The summed E-state index contributed by atoms with van der Waals surface area (Å²) >= 11 is 0. The van der Waals surface area contributed by atoms with E-state index in [4.69, 9.17) is 4.43 Å². The summed E-state index contributed by atoms with van der Waals surface area (Å²) in [6.07, 6.45) is 8.47. The zero-order valence-electron chi connectivity index (χ0n) is 12.8. The Bertz CT molecular complexity index is 610. The molecule has 0 N–H and O–H groups in total. The Kier molecular flexibility index (Phi) is 3.73. The molecule has 1 nitrogen and oxygen atoms in total. The van der Waals surface area contributed by atoms with Gasteiger partial charge in [0.05, 0.1) is 0 Å². The third-order valence-corrected chi connectivity index (χ3v) is 10.1. The first-order valence-electron chi connectivity index (χ1n) is 8.33. The van der Waals surface area contributed by atoms with Crippen LogP contribution in [0.1, 0.15) is 19.3 Å². The normalized spacial score (nSPS) is 26.4. The fraction of sp³-hybridized carbons (Fsp3) is 0.300. The quantitative estimate of drug-likeness (QED) is 0.609. The molecular weight excluding hydrogens is 284 g/mol. The van der Waals surface area contributed by atoms with Gasteiger partial charge in [0, 0.05) is 6.61 Å². The van der Waals surface area contributed by atoms with Crippen LogP contribution in [0.25, 0.3) is 0 Å². The maximum Gasteiger partial charge on any atom is 0.259 e. The van der Waals surface area contributed by atoms with Crippen LogP contribution in [0.2, 0.25) is 5.54 Å². The molecule has 0 bridgehead atoms. The molecule has 2 heteroatoms. The average molecular weight is 306 g/mol. The third kappa shape index (κ3) is 2.18. The lowest BCUT2D eigenvalue weighted by molar-refractivity contribution is 0.229. The molecule has 0 saturated carbocycles. The first kappa shape index (κ1) is 14.0. The summed E-state index contributed by atoms with van der Waals surface area (Å²) in [6, 6.07) is 22.0. The number of fused-ring (bicyclic) bond motifs is 1. The molecule has 0 unspecified atom stereocenters. The van der Waals surface area contributed by atoms with E-state index in [1.807, 2.05) is 0 Å². The molecule has 1 aliphatic carbocycles. The van der Waals surface area contributed by atoms with Gasteiger partial charge in [-0.05, 0) is 41.1 Å². The van der Waals surface area contributed by atoms with Crippen molar-refractivity contribution in [1.29, 1.82) is 0 Å². The van der Waals surface area contributed by atoms with Gasteiger partial charge in [-0.3, -0.25) is 0 Å². The fourth-order valence-corrected chi connectivity index (χ4v) is 9.30. The van der Waals surface area contributed by atoms with Crippen molar-refractivity contribution < 1.29 is 4.43 Å². The van der Waals surface area contributed by atoms with E-state index in [2.05, 4.69) is 72.8 Å². The second-order valence-electron chi connectivity index (χ2n) is 6.38. The zero-order chi connectivity index (χ0) is 14.8. The highest BCUT2D eigenvalue weighted by atomic mass is 28.4. The molecule has 22 heavy (non-hydrogen) atoms. The van der Waals surface area contributed by atoms with Crippen molar-refractivity contribution in [3.8, 4) is 0 Å². The Labute approximate surface area is 133 Å². The number of benzene rings is 2. The molecule has 0 amide bonds. The Morgan fingerprint density at radius 2 is 1.45 bits per heavy atom. The first-order chi connectivity index (χ1) is 10.9. The maximum atomic E-state index is 6.71. The molecule has 2 aromatic rings. The smallest absolute Gasteiger partial charge is 0.259 e. The molecule has 0 aromatic heterocycles. The second kappa shape index (κ2) is 5.86. The third-order valence-electron chi connectivity index (χ3n) is 5.25. The first-order valence-corrected chi connectivity index (χ1v) is 10.3. The number of hydrogen-bond donors (Lipinski definition) is 0. The summed E-state index contributed by atoms with van der Waals surface area (Å²) < 4.78 is 6.71. The van der Waals surface area contributed by atoms with Gasteiger partial charge in [0.25, 0.3) is 8.32 Å². The predicted octanol–water partition coefficient (Wildman–Crippen LogP) is 3.50. The lowest BCUT2D eigenvalue weighted by atomic mass is 9.92. The van der Waals surface area contributed by atoms with Crippen LogP contribution in [-0.2, 0) is 4.43 Å². The van der Waals surface area contributed by atoms with Gasteiger partial charge in [-0.2, -0.15) is 0 Å². The van der Waals surface area contributed by atoms with Gasteiger partial charge in [-0.25, -0.2) is 0 Å². The molecule has 1 heterocycles. The van der Waals surface area contributed by atoms with Crippen LogP contribution in [-0.4, -0.2) is 14.9 Å². The summed E-state index contributed by atoms with van der Waals surface area (Å²) in [6.45, 7) is 0.890. The van der Waals surface area contributed by atoms with Crippen LogP contribution in [0.5, 0.6) is 0 Å². The van der Waals surface area contributed by atoms with Crippen LogP contribution in [0.4, 0.5) is 0 Å². The van der Waals surface area contributed by atoms with Crippen LogP contribution in [0.15, 0.2) is 72.8 Å². The van der Waals surface area contributed by atoms with Gasteiger partial charge in [0.1, 0.15) is 0 Å². The summed E-state index contributed by atoms with van der Waals surface area (Å²) in [4.78, 5) is 0. The van der Waals surface area contributed by atoms with Gasteiger partial charge in [-0.1, -0.05) is 72.8 Å². The van der Waals surface area contributed by atoms with E-state index in [-0.39, 0.29) is 0 Å². The second-order valence-corrected chi connectivity index (χ2v) is 10.0. The van der Waals surface area contributed by atoms with Crippen molar-refractivity contribution in [1.82, 2.24) is 0 Å². The molecule has 2 atom stereocenters. The van der Waals surface area contributed by atoms with Crippen molar-refractivity contribution in [3.63, 3.8) is 0 Å². The minimum atomic E-state index is -2.15. The van der Waals surface area contributed by atoms with Gasteiger partial charge in [0.15, 0.2) is 0 Å². The fourth-order valence-electron chi connectivity index (χ4n) is 4.29. The molecule has 0 spiro atoms. The molecule has 1 aliphatic heterocycles. The summed E-state index contributed by atoms with van der Waals surface area (Å²) in [5, 5.41) is 2.87. The molecule has 1 saturated heterocycles. The zero-order valence-corrected chi connectivity index (χ0v) is 13.8. The van der Waals surface area contributed by atoms with Gasteiger partial charge in [0.2, 0.25) is 0 Å². The Hall–Kier alpha value is -1.64. The van der Waals surface area contributed by atoms with E-state index in [9.17, 15) is 0 Å². The topological polar surface area (TPSA) is 9.23 Å². The molecule has 112 valence electrons. The predicted molar refractivity (Wildman–Crippen MR) is 94.1 cm³/mol. The lowest BCUT2D eigenvalue weighted by Crippen LogP contribution is -2.67. The van der Waals surface area contributed by atoms with Gasteiger partial charge in [-0.15, -0.1) is 0 Å². The highest BCUT2D eigenvalue weighted by Gasteiger charge is 2.51. The molecular formula is C20H22OSi. The van der Waals surface area contributed by atoms with Crippen LogP contribution in [0.3, 0.4) is 0 Å². The van der Waals surface area contributed by atoms with Crippen molar-refractivity contribution in [3.05, 3.63) is 72.8 Å². The van der Waals surface area contributed by atoms with Gasteiger partial charge >= 0.3 is 0 Å². The van der Waals surface area contributed by atoms with Crippen molar-refractivity contribution >= 4 is 18.7 Å². The molecule has 2 aliphatic rings. The van der Waals surface area contributed by atoms with Crippen LogP contribution in [0, 0.1) is 5.92 Å². The standard InChI is InChI=1S/C20H22OSi/c1-3-10-18(11-4-1)22(19-12-5-2-6-13-19)20-14-8-7-9-17(20)15-16-21-22/h1-7,9-13,17,20H,8,14-16H2/t17-,20-/m0/s1. The van der Waals surface area contributed by atoms with Crippen molar-refractivity contribution in [2.45, 2.75) is 24.8 Å². The molecule has 2 aromatic carbocycles. The molecule has 1 fully saturated rings. The van der Waals surface area contributed by atoms with E-state index in [0.29, 0.717) is 11.5 Å². The SMILES string of the molecule is C1=C[C@H]2CCO[Si](c3ccccc3)(c3ccccc3)[C@H]2CC1. The Morgan fingerprint density at radius 3 is 2.09 bits per heavy atom. The summed E-state index contributed by atoms with van der Waals surface area (Å²) in [7, 11) is -2.15. The average Bonchev–Trinajstić information content (AvgIpc) is 2.63. The van der Waals surface area contributed by atoms with Crippen molar-refractivity contribution in [2.75, 3.05) is 6.61 Å². The monoisotopic (exact) mass is 306 g/mol. The highest BCUT2D eigenvalue weighted by Crippen LogP contribution is 2.43. The van der Waals surface area contributed by atoms with E-state index >= 15 is 0 Å². The minimum absolute atomic E-state index is 0.663. The van der Waals surface area contributed by atoms with Crippen LogP contribution < -0.4 is 10.4 Å². The number of allylic oxidation sites excluding steroid dienone is 2. The van der Waals surface area contributed by atoms with E-state index in [1.54, 1.807) is 0 Å². The highest BCUT2D eigenvalue weighted by molar-refractivity contribution is 6.98. The van der Waals surface area contributed by atoms with Crippen molar-refractivity contribution in [2.24, 2.45) is 5.92 Å². The summed E-state index contributed by atoms with van der Waals surface area (Å²) in [5.74, 6) is 0.689. The number of hydrogen-bond acceptors (Lipinski definition) is 1. The summed E-state index contributed by atoms with van der Waals surface area (Å²) in [5.41, 5.74) is 0.663. The lowest BCUT2D eigenvalue weighted by Gasteiger charge is -2.47. The van der Waals surface area contributed by atoms with E-state index in [0.717, 1.165) is 6.61 Å². The maximum absolute atomic E-state index is 6.71. The largest absolute Gasteiger partial charge is 0.408 e. The molecule has 4 rings (SSSR count). The van der Waals surface area contributed by atoms with E-state index < -0.39 is 8.32 Å². The van der Waals surface area contributed by atoms with Crippen LogP contribution >= 0.6 is 0 Å². The Balaban J connectivity index is 1.91. The van der Waals surface area contributed by atoms with E-state index in [1.165, 1.54) is 29.6 Å². The minimum Gasteiger partial charge on any atom is -0.408 e. The number of rotatable bonds is 2. The molecule has 0 radical (unpaired) electrons. The van der Waals surface area contributed by atoms with Gasteiger partial charge < -0.3 is 4.43 Å². The Morgan fingerprint density at radius 1 is 0.818 bits per heavy atom.